The van der Waals surface area contributed by atoms with Gasteiger partial charge < -0.3 is 10.2 Å². The maximum absolute atomic E-state index is 10.3. The second-order valence-electron chi connectivity index (χ2n) is 25.9. The highest BCUT2D eigenvalue weighted by molar-refractivity contribution is 5.25. The van der Waals surface area contributed by atoms with Gasteiger partial charge in [-0.3, -0.25) is 0 Å². The molecule has 0 aliphatic heterocycles. The molecule has 2 heteroatoms. The third-order valence-electron chi connectivity index (χ3n) is 22.9. The minimum atomic E-state index is -0.0794. The van der Waals surface area contributed by atoms with E-state index in [4.69, 9.17) is 0 Å². The van der Waals surface area contributed by atoms with E-state index >= 15 is 0 Å². The van der Waals surface area contributed by atoms with Crippen molar-refractivity contribution in [3.05, 3.63) is 11.6 Å². The third-order valence-corrected chi connectivity index (χ3v) is 22.9. The van der Waals surface area contributed by atoms with Gasteiger partial charge in [0, 0.05) is 0 Å². The molecule has 0 bridgehead atoms. The molecule has 0 aromatic heterocycles. The molecule has 340 valence electrons. The van der Waals surface area contributed by atoms with Gasteiger partial charge in [0.1, 0.15) is 0 Å². The van der Waals surface area contributed by atoms with Crippen molar-refractivity contribution in [1.82, 2.24) is 0 Å². The quantitative estimate of drug-likeness (QED) is 0.204. The summed E-state index contributed by atoms with van der Waals surface area (Å²) >= 11 is 0. The van der Waals surface area contributed by atoms with Crippen molar-refractivity contribution in [3.8, 4) is 0 Å². The van der Waals surface area contributed by atoms with Gasteiger partial charge >= 0.3 is 0 Å². The zero-order valence-electron chi connectivity index (χ0n) is 41.3. The Morgan fingerprint density at radius 2 is 1.12 bits per heavy atom. The summed E-state index contributed by atoms with van der Waals surface area (Å²) in [5, 5.41) is 20.5. The molecule has 0 aromatic rings. The molecule has 8 rings (SSSR count). The summed E-state index contributed by atoms with van der Waals surface area (Å²) < 4.78 is 0. The molecular weight excluding hydrogens is 717 g/mol. The molecule has 0 unspecified atom stereocenters. The average molecular weight is 817 g/mol. The van der Waals surface area contributed by atoms with Crippen molar-refractivity contribution in [2.75, 3.05) is 0 Å². The van der Waals surface area contributed by atoms with Gasteiger partial charge in [-0.15, -0.1) is 0 Å². The molecule has 59 heavy (non-hydrogen) atoms. The molecule has 0 saturated heterocycles. The maximum Gasteiger partial charge on any atom is 0.0577 e. The van der Waals surface area contributed by atoms with Gasteiger partial charge in [-0.1, -0.05) is 120 Å². The van der Waals surface area contributed by atoms with Crippen LogP contribution in [0.5, 0.6) is 0 Å². The molecule has 0 aromatic carbocycles. The lowest BCUT2D eigenvalue weighted by Gasteiger charge is -2.61. The Kier molecular flexibility index (Phi) is 14.4. The summed E-state index contributed by atoms with van der Waals surface area (Å²) in [6.45, 7) is 30.3. The lowest BCUT2D eigenvalue weighted by atomic mass is 9.44. The SMILES string of the molecule is CC(C)[C@H](C)CC[C@@H](C)[C@H]1CC[C@H]2[C@@H]3CC[C@H]4C[C@@H](O)CC[C@]4(C)[C@H]3CC[C@]12C.CC[C@H](CC[C@@H](C)[C@H]1CC[C@H]2[C@@H]3CC=C4C[C@@H](O)CC[C@]4(C)[C@H]3CC[C@]12C)C(C)C. The van der Waals surface area contributed by atoms with E-state index < -0.39 is 0 Å². The van der Waals surface area contributed by atoms with Crippen LogP contribution in [0.1, 0.15) is 224 Å². The van der Waals surface area contributed by atoms with Crippen molar-refractivity contribution in [2.45, 2.75) is 237 Å². The predicted octanol–water partition coefficient (Wildman–Crippen LogP) is 15.7. The molecule has 8 aliphatic carbocycles. The molecule has 7 saturated carbocycles. The van der Waals surface area contributed by atoms with E-state index in [1.165, 1.54) is 116 Å². The first kappa shape index (κ1) is 46.6. The summed E-state index contributed by atoms with van der Waals surface area (Å²) in [7, 11) is 0. The van der Waals surface area contributed by atoms with Gasteiger partial charge in [0.05, 0.1) is 12.2 Å². The van der Waals surface area contributed by atoms with E-state index in [1.807, 2.05) is 0 Å². The molecule has 7 fully saturated rings. The fourth-order valence-corrected chi connectivity index (χ4v) is 18.6. The first-order valence-corrected chi connectivity index (χ1v) is 26.9. The van der Waals surface area contributed by atoms with Crippen LogP contribution in [0, 0.1) is 110 Å². The van der Waals surface area contributed by atoms with E-state index in [1.54, 1.807) is 5.57 Å². The Morgan fingerprint density at radius 3 is 1.73 bits per heavy atom. The van der Waals surface area contributed by atoms with E-state index in [2.05, 4.69) is 89.2 Å². The van der Waals surface area contributed by atoms with E-state index in [0.29, 0.717) is 21.7 Å². The van der Waals surface area contributed by atoms with Crippen LogP contribution in [0.2, 0.25) is 0 Å². The molecule has 8 aliphatic rings. The minimum absolute atomic E-state index is 0.0107. The molecule has 0 amide bonds. The molecule has 0 spiro atoms. The Labute approximate surface area is 367 Å². The topological polar surface area (TPSA) is 40.5 Å². The second-order valence-corrected chi connectivity index (χ2v) is 25.9. The molecule has 19 atom stereocenters. The Bertz CT molecular complexity index is 1410. The fourth-order valence-electron chi connectivity index (χ4n) is 18.6. The number of hydrogen-bond donors (Lipinski definition) is 2. The number of fused-ring (bicyclic) bond motifs is 10. The summed E-state index contributed by atoms with van der Waals surface area (Å²) in [4.78, 5) is 0. The van der Waals surface area contributed by atoms with E-state index in [0.717, 1.165) is 114 Å². The Morgan fingerprint density at radius 1 is 0.559 bits per heavy atom. The molecule has 0 heterocycles. The van der Waals surface area contributed by atoms with Gasteiger partial charge in [0.15, 0.2) is 0 Å². The van der Waals surface area contributed by atoms with Crippen LogP contribution in [-0.4, -0.2) is 22.4 Å². The smallest absolute Gasteiger partial charge is 0.0577 e. The molecular formula is C57H100O2. The van der Waals surface area contributed by atoms with Crippen molar-refractivity contribution >= 4 is 0 Å². The van der Waals surface area contributed by atoms with Crippen LogP contribution < -0.4 is 0 Å². The molecule has 2 nitrogen and oxygen atoms in total. The minimum Gasteiger partial charge on any atom is -0.393 e. The van der Waals surface area contributed by atoms with Crippen molar-refractivity contribution in [3.63, 3.8) is 0 Å². The number of hydrogen-bond acceptors (Lipinski definition) is 2. The van der Waals surface area contributed by atoms with Crippen LogP contribution in [0.15, 0.2) is 11.6 Å². The highest BCUT2D eigenvalue weighted by Crippen LogP contribution is 2.70. The summed E-state index contributed by atoms with van der Waals surface area (Å²) in [6.07, 6.45) is 32.2. The van der Waals surface area contributed by atoms with Crippen molar-refractivity contribution < 1.29 is 10.2 Å². The standard InChI is InChI=1S/C29H50O.C28H50O/c1-7-21(19(2)3)9-8-20(4)25-12-13-26-24-11-10-22-18-23(30)14-16-28(22,5)27(24)15-17-29(25,26)6;1-18(2)19(3)7-8-20(4)24-11-12-25-23-10-9-21-17-22(29)13-15-27(21,5)26(23)14-16-28(24,25)6/h10,19-21,23-27,30H,7-9,11-18H2,1-6H3;18-26,29H,7-17H2,1-6H3/t20-,21-,23+,24+,25-,26+,27+,28+,29-;19-,20-,21+,22+,23+,24-,25+,26+,27+,28-/m11/s1. The zero-order chi connectivity index (χ0) is 42.7. The van der Waals surface area contributed by atoms with Gasteiger partial charge in [-0.25, -0.2) is 0 Å². The molecule has 2 N–H and O–H groups in total. The lowest BCUT2D eigenvalue weighted by molar-refractivity contribution is -0.129. The highest BCUT2D eigenvalue weighted by atomic mass is 16.3. The van der Waals surface area contributed by atoms with Crippen LogP contribution in [0.25, 0.3) is 0 Å². The Balaban J connectivity index is 0.000000179. The maximum atomic E-state index is 10.3. The summed E-state index contributed by atoms with van der Waals surface area (Å²) in [5.41, 5.74) is 3.72. The van der Waals surface area contributed by atoms with Gasteiger partial charge in [-0.05, 0) is 226 Å². The predicted molar refractivity (Wildman–Crippen MR) is 252 cm³/mol. The normalized spacial score (nSPS) is 47.3. The second kappa shape index (κ2) is 18.3. The first-order chi connectivity index (χ1) is 27.9. The zero-order valence-corrected chi connectivity index (χ0v) is 41.3. The monoisotopic (exact) mass is 817 g/mol. The largest absolute Gasteiger partial charge is 0.393 e. The number of aliphatic hydroxyl groups excluding tert-OH is 2. The van der Waals surface area contributed by atoms with Crippen molar-refractivity contribution in [2.24, 2.45) is 110 Å². The van der Waals surface area contributed by atoms with E-state index in [-0.39, 0.29) is 12.2 Å². The van der Waals surface area contributed by atoms with E-state index in [9.17, 15) is 10.2 Å². The summed E-state index contributed by atoms with van der Waals surface area (Å²) in [6, 6.07) is 0. The summed E-state index contributed by atoms with van der Waals surface area (Å²) in [5.74, 6) is 13.6. The number of aliphatic hydroxyl groups is 2. The lowest BCUT2D eigenvalue weighted by Crippen LogP contribution is -2.54. The van der Waals surface area contributed by atoms with Crippen LogP contribution in [-0.2, 0) is 0 Å². The van der Waals surface area contributed by atoms with Crippen LogP contribution in [0.3, 0.4) is 0 Å². The Hall–Kier alpha value is -0.340. The first-order valence-electron chi connectivity index (χ1n) is 26.9. The third kappa shape index (κ3) is 8.66. The van der Waals surface area contributed by atoms with Crippen LogP contribution in [0.4, 0.5) is 0 Å². The van der Waals surface area contributed by atoms with Crippen LogP contribution >= 0.6 is 0 Å². The highest BCUT2D eigenvalue weighted by Gasteiger charge is 2.61. The number of rotatable bonds is 11. The number of allylic oxidation sites excluding steroid dienone is 1. The van der Waals surface area contributed by atoms with Gasteiger partial charge in [-0.2, -0.15) is 0 Å². The molecule has 0 radical (unpaired) electrons. The fraction of sp³-hybridized carbons (Fsp3) is 0.965. The van der Waals surface area contributed by atoms with Gasteiger partial charge in [0.25, 0.3) is 0 Å². The van der Waals surface area contributed by atoms with Crippen molar-refractivity contribution in [1.29, 1.82) is 0 Å². The average Bonchev–Trinajstić information content (AvgIpc) is 3.74. The van der Waals surface area contributed by atoms with Gasteiger partial charge in [0.2, 0.25) is 0 Å².